The molecule has 2 N–H and O–H groups in total. The summed E-state index contributed by atoms with van der Waals surface area (Å²) in [5.74, 6) is 1.02. The number of ether oxygens (including phenoxy) is 2. The molecule has 202 valence electrons. The van der Waals surface area contributed by atoms with Gasteiger partial charge in [0.2, 0.25) is 0 Å². The molecule has 4 rings (SSSR count). The topological polar surface area (TPSA) is 79.2 Å². The van der Waals surface area contributed by atoms with E-state index in [1.54, 1.807) is 24.3 Å². The molecule has 0 heterocycles. The molecular weight excluding hydrogens is 490 g/mol. The largest absolute Gasteiger partial charge is 0.508 e. The number of phenolic OH excluding ortho intramolecular Hbond substituents is 1. The molecule has 0 aliphatic heterocycles. The lowest BCUT2D eigenvalue weighted by atomic mass is 10.0. The fourth-order valence-corrected chi connectivity index (χ4v) is 3.75. The quantitative estimate of drug-likeness (QED) is 0.224. The molecule has 0 spiro atoms. The van der Waals surface area contributed by atoms with Gasteiger partial charge in [-0.1, -0.05) is 79.4 Å². The van der Waals surface area contributed by atoms with Crippen LogP contribution in [0.2, 0.25) is 0 Å². The van der Waals surface area contributed by atoms with Crippen LogP contribution in [-0.4, -0.2) is 41.8 Å². The van der Waals surface area contributed by atoms with E-state index >= 15 is 0 Å². The Kier molecular flexibility index (Phi) is 11.2. The van der Waals surface area contributed by atoms with Gasteiger partial charge in [0.15, 0.2) is 0 Å². The van der Waals surface area contributed by atoms with Crippen LogP contribution in [0.1, 0.15) is 29.2 Å². The van der Waals surface area contributed by atoms with Gasteiger partial charge in [0.25, 0.3) is 0 Å². The number of nitrogens with zero attached hydrogens (tertiary/aromatic N) is 1. The minimum absolute atomic E-state index is 0.0559. The fraction of sp³-hybridized carbons (Fsp3) is 0.182. The zero-order chi connectivity index (χ0) is 28.0. The highest BCUT2D eigenvalue weighted by molar-refractivity contribution is 5.68. The number of phenols is 1. The smallest absolute Gasteiger partial charge is 0.305 e. The number of carboxylic acids is 1. The highest BCUT2D eigenvalue weighted by Gasteiger charge is 2.17. The molecule has 0 radical (unpaired) electrons. The Morgan fingerprint density at radius 2 is 1.33 bits per heavy atom. The van der Waals surface area contributed by atoms with Gasteiger partial charge >= 0.3 is 5.97 Å². The summed E-state index contributed by atoms with van der Waals surface area (Å²) in [6.07, 6.45) is 0.0559. The molecule has 0 aliphatic rings. The average molecular weight is 526 g/mol. The molecule has 0 saturated heterocycles. The summed E-state index contributed by atoms with van der Waals surface area (Å²) < 4.78 is 11.7. The standard InChI is InChI=1S/C27H29NO4.C6H6O/c1-20(22-7-5-4-6-8-22)18-31-24-13-9-21(10-14-24)19-32-25-15-11-23(12-16-25)26(28(2)3)17-27(29)30;7-6-4-2-1-3-5-6/h4-16,26H,1,17-19H2,2-3H3,(H,29,30);1-5,7H. The van der Waals surface area contributed by atoms with Gasteiger partial charge in [0.05, 0.1) is 6.42 Å². The normalized spacial score (nSPS) is 11.2. The third kappa shape index (κ3) is 10.0. The van der Waals surface area contributed by atoms with Crippen LogP contribution in [-0.2, 0) is 11.4 Å². The number of rotatable bonds is 11. The average Bonchev–Trinajstić information content (AvgIpc) is 2.95. The first-order valence-electron chi connectivity index (χ1n) is 12.6. The lowest BCUT2D eigenvalue weighted by Crippen LogP contribution is -2.22. The van der Waals surface area contributed by atoms with Gasteiger partial charge in [-0.05, 0) is 72.8 Å². The molecule has 0 amide bonds. The summed E-state index contributed by atoms with van der Waals surface area (Å²) in [6.45, 7) is 4.95. The molecule has 6 heteroatoms. The molecule has 1 atom stereocenters. The summed E-state index contributed by atoms with van der Waals surface area (Å²) in [5.41, 5.74) is 3.98. The monoisotopic (exact) mass is 525 g/mol. The SMILES string of the molecule is C=C(COc1ccc(COc2ccc(C(CC(=O)O)N(C)C)cc2)cc1)c1ccccc1.Oc1ccccc1. The second-order valence-electron chi connectivity index (χ2n) is 9.17. The minimum Gasteiger partial charge on any atom is -0.508 e. The number of carbonyl (C=O) groups is 1. The number of benzene rings is 4. The number of hydrogen-bond donors (Lipinski definition) is 2. The van der Waals surface area contributed by atoms with E-state index in [1.807, 2.05) is 104 Å². The molecule has 4 aromatic rings. The van der Waals surface area contributed by atoms with Gasteiger partial charge < -0.3 is 24.6 Å². The lowest BCUT2D eigenvalue weighted by molar-refractivity contribution is -0.138. The molecule has 0 saturated carbocycles. The van der Waals surface area contributed by atoms with Crippen molar-refractivity contribution in [1.82, 2.24) is 4.90 Å². The van der Waals surface area contributed by atoms with Gasteiger partial charge in [-0.25, -0.2) is 0 Å². The van der Waals surface area contributed by atoms with Gasteiger partial charge in [-0.3, -0.25) is 4.79 Å². The Bertz CT molecular complexity index is 1290. The van der Waals surface area contributed by atoms with Crippen molar-refractivity contribution in [1.29, 1.82) is 0 Å². The molecular formula is C33H35NO5. The van der Waals surface area contributed by atoms with Crippen molar-refractivity contribution >= 4 is 11.5 Å². The van der Waals surface area contributed by atoms with Crippen molar-refractivity contribution in [3.8, 4) is 17.2 Å². The fourth-order valence-electron chi connectivity index (χ4n) is 3.75. The molecule has 0 aromatic heterocycles. The third-order valence-corrected chi connectivity index (χ3v) is 5.94. The summed E-state index contributed by atoms with van der Waals surface area (Å²) >= 11 is 0. The number of carboxylic acid groups (broad SMARTS) is 1. The highest BCUT2D eigenvalue weighted by atomic mass is 16.5. The summed E-state index contributed by atoms with van der Waals surface area (Å²) in [4.78, 5) is 13.0. The predicted octanol–water partition coefficient (Wildman–Crippen LogP) is 6.83. The van der Waals surface area contributed by atoms with E-state index in [2.05, 4.69) is 6.58 Å². The molecule has 0 aliphatic carbocycles. The number of hydrogen-bond acceptors (Lipinski definition) is 5. The maximum Gasteiger partial charge on any atom is 0.305 e. The third-order valence-electron chi connectivity index (χ3n) is 5.94. The van der Waals surface area contributed by atoms with Gasteiger partial charge in [0, 0.05) is 6.04 Å². The van der Waals surface area contributed by atoms with Gasteiger partial charge in [-0.15, -0.1) is 0 Å². The molecule has 1 unspecified atom stereocenters. The Morgan fingerprint density at radius 1 is 0.795 bits per heavy atom. The molecule has 6 nitrogen and oxygen atoms in total. The van der Waals surface area contributed by atoms with E-state index in [0.717, 1.165) is 33.8 Å². The van der Waals surface area contributed by atoms with Crippen molar-refractivity contribution < 1.29 is 24.5 Å². The Morgan fingerprint density at radius 3 is 1.85 bits per heavy atom. The Hall–Kier alpha value is -4.55. The van der Waals surface area contributed by atoms with Crippen LogP contribution in [0.25, 0.3) is 5.57 Å². The number of aliphatic carboxylic acids is 1. The van der Waals surface area contributed by atoms with Crippen molar-refractivity contribution in [2.24, 2.45) is 0 Å². The van der Waals surface area contributed by atoms with Crippen molar-refractivity contribution in [2.75, 3.05) is 20.7 Å². The van der Waals surface area contributed by atoms with E-state index in [-0.39, 0.29) is 12.5 Å². The first-order chi connectivity index (χ1) is 18.8. The second kappa shape index (κ2) is 15.0. The summed E-state index contributed by atoms with van der Waals surface area (Å²) in [7, 11) is 3.76. The molecule has 0 bridgehead atoms. The first-order valence-corrected chi connectivity index (χ1v) is 12.6. The van der Waals surface area contributed by atoms with E-state index < -0.39 is 5.97 Å². The zero-order valence-corrected chi connectivity index (χ0v) is 22.4. The first kappa shape index (κ1) is 29.0. The number of aromatic hydroxyl groups is 1. The van der Waals surface area contributed by atoms with Crippen LogP contribution in [0.3, 0.4) is 0 Å². The molecule has 39 heavy (non-hydrogen) atoms. The maximum absolute atomic E-state index is 11.1. The maximum atomic E-state index is 11.1. The predicted molar refractivity (Wildman–Crippen MR) is 155 cm³/mol. The van der Waals surface area contributed by atoms with Crippen LogP contribution < -0.4 is 9.47 Å². The van der Waals surface area contributed by atoms with Crippen LogP contribution in [0.15, 0.2) is 116 Å². The van der Waals surface area contributed by atoms with E-state index in [1.165, 1.54) is 0 Å². The second-order valence-corrected chi connectivity index (χ2v) is 9.17. The van der Waals surface area contributed by atoms with Crippen LogP contribution in [0.5, 0.6) is 17.2 Å². The minimum atomic E-state index is -0.819. The van der Waals surface area contributed by atoms with Crippen molar-refractivity contribution in [3.05, 3.63) is 132 Å². The van der Waals surface area contributed by atoms with Crippen molar-refractivity contribution in [3.63, 3.8) is 0 Å². The van der Waals surface area contributed by atoms with Crippen LogP contribution in [0, 0.1) is 0 Å². The van der Waals surface area contributed by atoms with Gasteiger partial charge in [-0.2, -0.15) is 0 Å². The Labute approximate surface area is 230 Å². The van der Waals surface area contributed by atoms with Crippen molar-refractivity contribution in [2.45, 2.75) is 19.1 Å². The highest BCUT2D eigenvalue weighted by Crippen LogP contribution is 2.25. The van der Waals surface area contributed by atoms with E-state index in [4.69, 9.17) is 19.7 Å². The summed E-state index contributed by atoms with van der Waals surface area (Å²) in [5, 5.41) is 17.8. The zero-order valence-electron chi connectivity index (χ0n) is 22.4. The van der Waals surface area contributed by atoms with E-state index in [9.17, 15) is 4.79 Å². The lowest BCUT2D eigenvalue weighted by Gasteiger charge is -2.23. The molecule has 0 fully saturated rings. The Balaban J connectivity index is 0.000000520. The van der Waals surface area contributed by atoms with Crippen LogP contribution in [0.4, 0.5) is 0 Å². The van der Waals surface area contributed by atoms with Gasteiger partial charge in [0.1, 0.15) is 30.5 Å². The van der Waals surface area contributed by atoms with E-state index in [0.29, 0.717) is 19.0 Å². The summed E-state index contributed by atoms with van der Waals surface area (Å²) in [6, 6.07) is 33.9. The molecule has 4 aromatic carbocycles. The number of para-hydroxylation sites is 1. The van der Waals surface area contributed by atoms with Crippen LogP contribution >= 0.6 is 0 Å².